The Labute approximate surface area is 181 Å². The van der Waals surface area contributed by atoms with Crippen LogP contribution >= 0.6 is 11.6 Å². The van der Waals surface area contributed by atoms with Crippen LogP contribution in [0.25, 0.3) is 11.3 Å². The Balaban J connectivity index is 1.97. The second-order valence-electron chi connectivity index (χ2n) is 6.55. The lowest BCUT2D eigenvalue weighted by atomic mass is 10.1. The van der Waals surface area contributed by atoms with Gasteiger partial charge in [-0.2, -0.15) is 18.3 Å². The lowest BCUT2D eigenvalue weighted by Crippen LogP contribution is -2.36. The minimum absolute atomic E-state index is 0.0153. The van der Waals surface area contributed by atoms with Crippen LogP contribution in [0.1, 0.15) is 28.7 Å². The van der Waals surface area contributed by atoms with E-state index in [0.29, 0.717) is 4.31 Å². The number of carbonyl (C=O) groups excluding carboxylic acids is 1. The highest BCUT2D eigenvalue weighted by Crippen LogP contribution is 2.33. The number of amides is 1. The van der Waals surface area contributed by atoms with E-state index in [4.69, 9.17) is 16.0 Å². The van der Waals surface area contributed by atoms with Crippen LogP contribution in [0.3, 0.4) is 0 Å². The summed E-state index contributed by atoms with van der Waals surface area (Å²) in [5.41, 5.74) is -0.678. The summed E-state index contributed by atoms with van der Waals surface area (Å²) in [7, 11) is -2.90. The SMILES string of the molecule is CCN(C(=O)c1ccc(-c2cccc(C(F)(F)F)c2)o1)S(=O)(=O)c1c(C)nn(C)c1Cl. The van der Waals surface area contributed by atoms with Crippen molar-refractivity contribution in [3.8, 4) is 11.3 Å². The number of benzene rings is 1. The predicted molar refractivity (Wildman–Crippen MR) is 106 cm³/mol. The van der Waals surface area contributed by atoms with E-state index >= 15 is 0 Å². The van der Waals surface area contributed by atoms with Crippen molar-refractivity contribution >= 4 is 27.5 Å². The second-order valence-corrected chi connectivity index (χ2v) is 8.70. The van der Waals surface area contributed by atoms with Gasteiger partial charge in [-0.05, 0) is 38.1 Å². The third-order valence-corrected chi connectivity index (χ3v) is 7.01. The molecule has 0 unspecified atom stereocenters. The first-order valence-corrected chi connectivity index (χ1v) is 10.7. The zero-order chi connectivity index (χ0) is 23.1. The van der Waals surface area contributed by atoms with Crippen LogP contribution in [-0.4, -0.2) is 35.0 Å². The molecule has 0 fully saturated rings. The first-order valence-electron chi connectivity index (χ1n) is 8.91. The Hall–Kier alpha value is -2.79. The summed E-state index contributed by atoms with van der Waals surface area (Å²) >= 11 is 6.05. The first-order chi connectivity index (χ1) is 14.4. The summed E-state index contributed by atoms with van der Waals surface area (Å²) < 4.78 is 72.1. The van der Waals surface area contributed by atoms with Crippen LogP contribution in [-0.2, 0) is 23.2 Å². The highest BCUT2D eigenvalue weighted by molar-refractivity contribution is 7.89. The molecular formula is C19H17ClF3N3O4S. The summed E-state index contributed by atoms with van der Waals surface area (Å²) in [6.07, 6.45) is -4.55. The van der Waals surface area contributed by atoms with Crippen molar-refractivity contribution in [3.63, 3.8) is 0 Å². The zero-order valence-corrected chi connectivity index (χ0v) is 18.1. The molecule has 1 aromatic carbocycles. The smallest absolute Gasteiger partial charge is 0.416 e. The topological polar surface area (TPSA) is 85.4 Å². The third-order valence-electron chi connectivity index (χ3n) is 4.45. The summed E-state index contributed by atoms with van der Waals surface area (Å²) in [5.74, 6) is -1.35. The Bertz CT molecular complexity index is 1250. The van der Waals surface area contributed by atoms with Crippen LogP contribution < -0.4 is 0 Å². The maximum atomic E-state index is 13.1. The van der Waals surface area contributed by atoms with Gasteiger partial charge in [-0.15, -0.1) is 0 Å². The molecule has 0 radical (unpaired) electrons. The molecule has 7 nitrogen and oxygen atoms in total. The summed E-state index contributed by atoms with van der Waals surface area (Å²) in [6.45, 7) is 2.66. The minimum atomic E-state index is -4.55. The minimum Gasteiger partial charge on any atom is -0.451 e. The Morgan fingerprint density at radius 1 is 1.26 bits per heavy atom. The number of sulfonamides is 1. The van der Waals surface area contributed by atoms with E-state index in [0.717, 1.165) is 12.1 Å². The molecule has 0 bridgehead atoms. The monoisotopic (exact) mass is 475 g/mol. The molecule has 31 heavy (non-hydrogen) atoms. The fraction of sp³-hybridized carbons (Fsp3) is 0.263. The Morgan fingerprint density at radius 3 is 2.48 bits per heavy atom. The fourth-order valence-corrected chi connectivity index (χ4v) is 5.11. The van der Waals surface area contributed by atoms with E-state index in [1.54, 1.807) is 0 Å². The van der Waals surface area contributed by atoms with Gasteiger partial charge in [0.05, 0.1) is 11.3 Å². The molecule has 166 valence electrons. The number of alkyl halides is 3. The van der Waals surface area contributed by atoms with E-state index in [1.165, 1.54) is 49.8 Å². The number of nitrogens with zero attached hydrogens (tertiary/aromatic N) is 3. The van der Waals surface area contributed by atoms with Gasteiger partial charge in [0.2, 0.25) is 0 Å². The van der Waals surface area contributed by atoms with Crippen molar-refractivity contribution in [1.29, 1.82) is 0 Å². The molecule has 2 heterocycles. The number of carbonyl (C=O) groups is 1. The van der Waals surface area contributed by atoms with E-state index < -0.39 is 27.7 Å². The fourth-order valence-electron chi connectivity index (χ4n) is 3.02. The highest BCUT2D eigenvalue weighted by atomic mass is 35.5. The number of halogens is 4. The van der Waals surface area contributed by atoms with Gasteiger partial charge in [-0.1, -0.05) is 23.7 Å². The second kappa shape index (κ2) is 8.04. The zero-order valence-electron chi connectivity index (χ0n) is 16.6. The van der Waals surface area contributed by atoms with Crippen molar-refractivity contribution in [3.05, 3.63) is 58.6 Å². The highest BCUT2D eigenvalue weighted by Gasteiger charge is 2.36. The average Bonchev–Trinajstić information content (AvgIpc) is 3.26. The molecule has 3 rings (SSSR count). The van der Waals surface area contributed by atoms with E-state index in [2.05, 4.69) is 5.10 Å². The van der Waals surface area contributed by atoms with Gasteiger partial charge in [-0.3, -0.25) is 9.48 Å². The molecular weight excluding hydrogens is 459 g/mol. The van der Waals surface area contributed by atoms with Crippen LogP contribution in [0.2, 0.25) is 5.15 Å². The number of hydrogen-bond donors (Lipinski definition) is 0. The number of furan rings is 1. The molecule has 0 aliphatic rings. The number of hydrogen-bond acceptors (Lipinski definition) is 5. The van der Waals surface area contributed by atoms with Crippen molar-refractivity contribution in [2.75, 3.05) is 6.54 Å². The number of aryl methyl sites for hydroxylation is 2. The van der Waals surface area contributed by atoms with Gasteiger partial charge >= 0.3 is 12.1 Å². The standard InChI is InChI=1S/C19H17ClF3N3O4S/c1-4-26(31(28,29)16-11(2)24-25(3)17(16)20)18(27)15-9-8-14(30-15)12-6-5-7-13(10-12)19(21,22)23/h5-10H,4H2,1-3H3. The molecule has 2 aromatic heterocycles. The van der Waals surface area contributed by atoms with Crippen LogP contribution in [0, 0.1) is 6.92 Å². The van der Waals surface area contributed by atoms with Crippen LogP contribution in [0.5, 0.6) is 0 Å². The quantitative estimate of drug-likeness (QED) is 0.542. The molecule has 12 heteroatoms. The van der Waals surface area contributed by atoms with E-state index in [1.807, 2.05) is 0 Å². The first kappa shape index (κ1) is 22.9. The molecule has 0 saturated heterocycles. The number of rotatable bonds is 5. The summed E-state index contributed by atoms with van der Waals surface area (Å²) in [6, 6.07) is 6.87. The van der Waals surface area contributed by atoms with Crippen LogP contribution in [0.4, 0.5) is 13.2 Å². The van der Waals surface area contributed by atoms with Crippen molar-refractivity contribution in [1.82, 2.24) is 14.1 Å². The lowest BCUT2D eigenvalue weighted by molar-refractivity contribution is -0.137. The third kappa shape index (κ3) is 4.19. The van der Waals surface area contributed by atoms with Gasteiger partial charge in [0.25, 0.3) is 10.0 Å². The molecule has 1 amide bonds. The lowest BCUT2D eigenvalue weighted by Gasteiger charge is -2.19. The molecule has 0 N–H and O–H groups in total. The molecule has 0 atom stereocenters. The largest absolute Gasteiger partial charge is 0.451 e. The van der Waals surface area contributed by atoms with Crippen LogP contribution in [0.15, 0.2) is 45.7 Å². The van der Waals surface area contributed by atoms with Crippen molar-refractivity contribution in [2.24, 2.45) is 7.05 Å². The van der Waals surface area contributed by atoms with Gasteiger partial charge in [-0.25, -0.2) is 12.7 Å². The predicted octanol–water partition coefficient (Wildman–Crippen LogP) is 4.51. The molecule has 0 aliphatic heterocycles. The van der Waals surface area contributed by atoms with Crippen molar-refractivity contribution < 1.29 is 30.8 Å². The molecule has 3 aromatic rings. The Morgan fingerprint density at radius 2 is 1.94 bits per heavy atom. The maximum absolute atomic E-state index is 13.1. The van der Waals surface area contributed by atoms with Crippen molar-refractivity contribution in [2.45, 2.75) is 24.9 Å². The summed E-state index contributed by atoms with van der Waals surface area (Å²) in [5, 5.41) is 3.79. The molecule has 0 saturated carbocycles. The van der Waals surface area contributed by atoms with Gasteiger partial charge < -0.3 is 4.42 Å². The van der Waals surface area contributed by atoms with Gasteiger partial charge in [0, 0.05) is 19.2 Å². The maximum Gasteiger partial charge on any atom is 0.416 e. The normalized spacial score (nSPS) is 12.2. The van der Waals surface area contributed by atoms with E-state index in [9.17, 15) is 26.4 Å². The molecule has 0 aliphatic carbocycles. The Kier molecular flexibility index (Phi) is 5.94. The summed E-state index contributed by atoms with van der Waals surface area (Å²) in [4.78, 5) is 12.6. The van der Waals surface area contributed by atoms with E-state index in [-0.39, 0.29) is 39.4 Å². The average molecular weight is 476 g/mol. The molecule has 0 spiro atoms. The van der Waals surface area contributed by atoms with Gasteiger partial charge in [0.1, 0.15) is 15.8 Å². The van der Waals surface area contributed by atoms with Gasteiger partial charge in [0.15, 0.2) is 5.76 Å². The number of aromatic nitrogens is 2.